The van der Waals surface area contributed by atoms with E-state index in [-0.39, 0.29) is 11.4 Å². The molecule has 2 fully saturated rings. The van der Waals surface area contributed by atoms with Crippen molar-refractivity contribution in [2.75, 3.05) is 19.7 Å². The SMILES string of the molecule is Fc1cccc(CC2CCOC3(CCNCC3)C2)c1. The van der Waals surface area contributed by atoms with Gasteiger partial charge in [-0.2, -0.15) is 0 Å². The Balaban J connectivity index is 1.65. The number of benzene rings is 1. The second kappa shape index (κ2) is 5.59. The van der Waals surface area contributed by atoms with E-state index in [0.29, 0.717) is 5.92 Å². The quantitative estimate of drug-likeness (QED) is 0.886. The molecule has 3 rings (SSSR count). The van der Waals surface area contributed by atoms with E-state index in [2.05, 4.69) is 5.32 Å². The van der Waals surface area contributed by atoms with E-state index >= 15 is 0 Å². The highest BCUT2D eigenvalue weighted by atomic mass is 19.1. The molecule has 1 spiro atoms. The summed E-state index contributed by atoms with van der Waals surface area (Å²) in [5.74, 6) is 0.509. The molecule has 0 radical (unpaired) electrons. The number of rotatable bonds is 2. The number of piperidine rings is 1. The third-order valence-corrected chi connectivity index (χ3v) is 4.52. The van der Waals surface area contributed by atoms with Gasteiger partial charge in [-0.15, -0.1) is 0 Å². The third kappa shape index (κ3) is 3.15. The summed E-state index contributed by atoms with van der Waals surface area (Å²) < 4.78 is 19.3. The lowest BCUT2D eigenvalue weighted by Crippen LogP contribution is -2.48. The van der Waals surface area contributed by atoms with E-state index in [9.17, 15) is 4.39 Å². The standard InChI is InChI=1S/C16H22FNO/c17-15-3-1-2-13(11-15)10-14-4-9-19-16(12-14)5-7-18-8-6-16/h1-3,11,14,18H,4-10,12H2. The summed E-state index contributed by atoms with van der Waals surface area (Å²) in [4.78, 5) is 0. The van der Waals surface area contributed by atoms with Crippen molar-refractivity contribution >= 4 is 0 Å². The average Bonchev–Trinajstić information content (AvgIpc) is 2.40. The maximum atomic E-state index is 13.2. The summed E-state index contributed by atoms with van der Waals surface area (Å²) in [7, 11) is 0. The van der Waals surface area contributed by atoms with Crippen LogP contribution in [-0.4, -0.2) is 25.3 Å². The van der Waals surface area contributed by atoms with Crippen molar-refractivity contribution < 1.29 is 9.13 Å². The summed E-state index contributed by atoms with van der Waals surface area (Å²) in [6, 6.07) is 7.03. The maximum Gasteiger partial charge on any atom is 0.123 e. The summed E-state index contributed by atoms with van der Waals surface area (Å²) >= 11 is 0. The minimum Gasteiger partial charge on any atom is -0.375 e. The Kier molecular flexibility index (Phi) is 3.85. The Labute approximate surface area is 114 Å². The van der Waals surface area contributed by atoms with Crippen LogP contribution in [-0.2, 0) is 11.2 Å². The van der Waals surface area contributed by atoms with Crippen LogP contribution in [0.4, 0.5) is 4.39 Å². The van der Waals surface area contributed by atoms with Gasteiger partial charge in [0, 0.05) is 6.61 Å². The molecule has 104 valence electrons. The van der Waals surface area contributed by atoms with Gasteiger partial charge in [0.2, 0.25) is 0 Å². The normalized spacial score (nSPS) is 26.5. The molecule has 1 aromatic rings. The van der Waals surface area contributed by atoms with Crippen LogP contribution in [0.5, 0.6) is 0 Å². The first-order valence-corrected chi connectivity index (χ1v) is 7.35. The molecule has 1 atom stereocenters. The zero-order valence-corrected chi connectivity index (χ0v) is 11.3. The Hall–Kier alpha value is -0.930. The van der Waals surface area contributed by atoms with Gasteiger partial charge in [-0.25, -0.2) is 4.39 Å². The van der Waals surface area contributed by atoms with E-state index in [0.717, 1.165) is 57.4 Å². The number of ether oxygens (including phenoxy) is 1. The first-order chi connectivity index (χ1) is 9.26. The largest absolute Gasteiger partial charge is 0.375 e. The van der Waals surface area contributed by atoms with Crippen LogP contribution in [0.15, 0.2) is 24.3 Å². The van der Waals surface area contributed by atoms with Crippen molar-refractivity contribution in [2.45, 2.75) is 37.7 Å². The average molecular weight is 263 g/mol. The summed E-state index contributed by atoms with van der Waals surface area (Å²) in [6.07, 6.45) is 5.45. The van der Waals surface area contributed by atoms with Gasteiger partial charge < -0.3 is 10.1 Å². The monoisotopic (exact) mass is 263 g/mol. The van der Waals surface area contributed by atoms with Crippen LogP contribution >= 0.6 is 0 Å². The second-order valence-electron chi connectivity index (χ2n) is 5.97. The Morgan fingerprint density at radius 2 is 2.16 bits per heavy atom. The summed E-state index contributed by atoms with van der Waals surface area (Å²) in [5.41, 5.74) is 1.22. The lowest BCUT2D eigenvalue weighted by Gasteiger charge is -2.43. The Bertz CT molecular complexity index is 423. The highest BCUT2D eigenvalue weighted by molar-refractivity contribution is 5.17. The van der Waals surface area contributed by atoms with Crippen molar-refractivity contribution in [1.82, 2.24) is 5.32 Å². The zero-order chi connectivity index (χ0) is 13.1. The topological polar surface area (TPSA) is 21.3 Å². The smallest absolute Gasteiger partial charge is 0.123 e. The van der Waals surface area contributed by atoms with Gasteiger partial charge in [0.1, 0.15) is 5.82 Å². The lowest BCUT2D eigenvalue weighted by atomic mass is 9.78. The van der Waals surface area contributed by atoms with E-state index in [1.54, 1.807) is 6.07 Å². The molecule has 0 aliphatic carbocycles. The third-order valence-electron chi connectivity index (χ3n) is 4.52. The van der Waals surface area contributed by atoms with Crippen molar-refractivity contribution in [3.05, 3.63) is 35.6 Å². The van der Waals surface area contributed by atoms with Gasteiger partial charge in [0.15, 0.2) is 0 Å². The van der Waals surface area contributed by atoms with Gasteiger partial charge in [-0.3, -0.25) is 0 Å². The van der Waals surface area contributed by atoms with Crippen LogP contribution in [0, 0.1) is 11.7 Å². The fourth-order valence-electron chi connectivity index (χ4n) is 3.53. The maximum absolute atomic E-state index is 13.2. The van der Waals surface area contributed by atoms with E-state index in [1.807, 2.05) is 12.1 Å². The van der Waals surface area contributed by atoms with Crippen molar-refractivity contribution in [3.63, 3.8) is 0 Å². The molecule has 1 N–H and O–H groups in total. The lowest BCUT2D eigenvalue weighted by molar-refractivity contribution is -0.113. The van der Waals surface area contributed by atoms with Gasteiger partial charge in [-0.05, 0) is 68.8 Å². The number of hydrogen-bond donors (Lipinski definition) is 1. The fraction of sp³-hybridized carbons (Fsp3) is 0.625. The van der Waals surface area contributed by atoms with Crippen LogP contribution in [0.25, 0.3) is 0 Å². The molecular weight excluding hydrogens is 241 g/mol. The molecular formula is C16H22FNO. The first-order valence-electron chi connectivity index (χ1n) is 7.35. The molecule has 1 unspecified atom stereocenters. The van der Waals surface area contributed by atoms with E-state index < -0.39 is 0 Å². The Morgan fingerprint density at radius 3 is 2.95 bits per heavy atom. The second-order valence-corrected chi connectivity index (χ2v) is 5.97. The molecule has 0 bridgehead atoms. The first kappa shape index (κ1) is 13.1. The zero-order valence-electron chi connectivity index (χ0n) is 11.3. The highest BCUT2D eigenvalue weighted by Crippen LogP contribution is 2.37. The van der Waals surface area contributed by atoms with Crippen molar-refractivity contribution in [3.8, 4) is 0 Å². The van der Waals surface area contributed by atoms with Crippen molar-refractivity contribution in [1.29, 1.82) is 0 Å². The molecule has 2 heterocycles. The van der Waals surface area contributed by atoms with E-state index in [1.165, 1.54) is 6.07 Å². The number of nitrogens with one attached hydrogen (secondary N) is 1. The molecule has 0 saturated carbocycles. The van der Waals surface area contributed by atoms with Crippen LogP contribution in [0.1, 0.15) is 31.2 Å². The molecule has 2 saturated heterocycles. The van der Waals surface area contributed by atoms with Gasteiger partial charge in [0.05, 0.1) is 5.60 Å². The molecule has 2 nitrogen and oxygen atoms in total. The minimum atomic E-state index is -0.124. The molecule has 3 heteroatoms. The van der Waals surface area contributed by atoms with Gasteiger partial charge in [-0.1, -0.05) is 12.1 Å². The van der Waals surface area contributed by atoms with Gasteiger partial charge >= 0.3 is 0 Å². The molecule has 2 aliphatic rings. The summed E-state index contributed by atoms with van der Waals surface area (Å²) in [5, 5.41) is 3.40. The Morgan fingerprint density at radius 1 is 1.32 bits per heavy atom. The minimum absolute atomic E-state index is 0.0987. The summed E-state index contributed by atoms with van der Waals surface area (Å²) in [6.45, 7) is 2.99. The molecule has 0 amide bonds. The van der Waals surface area contributed by atoms with Crippen molar-refractivity contribution in [2.24, 2.45) is 5.92 Å². The molecule has 2 aliphatic heterocycles. The molecule has 1 aromatic carbocycles. The molecule has 0 aromatic heterocycles. The predicted octanol–water partition coefficient (Wildman–Crippen LogP) is 2.92. The fourth-order valence-corrected chi connectivity index (χ4v) is 3.53. The van der Waals surface area contributed by atoms with Crippen LogP contribution < -0.4 is 5.32 Å². The predicted molar refractivity (Wildman–Crippen MR) is 73.6 cm³/mol. The number of hydrogen-bond acceptors (Lipinski definition) is 2. The molecule has 19 heavy (non-hydrogen) atoms. The highest BCUT2D eigenvalue weighted by Gasteiger charge is 2.38. The van der Waals surface area contributed by atoms with Crippen LogP contribution in [0.2, 0.25) is 0 Å². The van der Waals surface area contributed by atoms with E-state index in [4.69, 9.17) is 4.74 Å². The van der Waals surface area contributed by atoms with Crippen LogP contribution in [0.3, 0.4) is 0 Å². The number of halogens is 1. The van der Waals surface area contributed by atoms with Gasteiger partial charge in [0.25, 0.3) is 0 Å².